The highest BCUT2D eigenvalue weighted by atomic mass is 35.5. The second-order valence-corrected chi connectivity index (χ2v) is 7.60. The largest absolute Gasteiger partial charge is 0.309 e. The quantitative estimate of drug-likeness (QED) is 0.885. The second kappa shape index (κ2) is 6.08. The first-order valence-electron chi connectivity index (χ1n) is 7.94. The molecule has 1 aromatic rings. The lowest BCUT2D eigenvalue weighted by Gasteiger charge is -2.46. The van der Waals surface area contributed by atoms with Crippen molar-refractivity contribution in [2.75, 3.05) is 13.1 Å². The highest BCUT2D eigenvalue weighted by molar-refractivity contribution is 6.42. The second-order valence-electron chi connectivity index (χ2n) is 6.82. The molecule has 2 aliphatic rings. The number of nitrogens with one attached hydrogen (secondary N) is 1. The zero-order valence-electron chi connectivity index (χ0n) is 12.8. The van der Waals surface area contributed by atoms with Crippen LogP contribution in [0.15, 0.2) is 18.2 Å². The molecule has 0 bridgehead atoms. The van der Waals surface area contributed by atoms with Crippen molar-refractivity contribution in [3.05, 3.63) is 33.8 Å². The molecule has 0 spiro atoms. The van der Waals surface area contributed by atoms with Crippen molar-refractivity contribution in [3.8, 4) is 0 Å². The third-order valence-corrected chi connectivity index (χ3v) is 5.97. The zero-order valence-corrected chi connectivity index (χ0v) is 14.3. The van der Waals surface area contributed by atoms with Crippen LogP contribution in [-0.2, 0) is 6.54 Å². The lowest BCUT2D eigenvalue weighted by Crippen LogP contribution is -2.62. The molecule has 3 rings (SSSR count). The zero-order chi connectivity index (χ0) is 15.0. The molecule has 1 saturated carbocycles. The van der Waals surface area contributed by atoms with Gasteiger partial charge < -0.3 is 5.32 Å². The first kappa shape index (κ1) is 15.6. The minimum Gasteiger partial charge on any atom is -0.309 e. The molecule has 0 aromatic heterocycles. The van der Waals surface area contributed by atoms with E-state index in [9.17, 15) is 0 Å². The van der Waals surface area contributed by atoms with Gasteiger partial charge in [-0.1, -0.05) is 42.3 Å². The Morgan fingerprint density at radius 2 is 2.10 bits per heavy atom. The molecule has 0 amide bonds. The number of rotatable bonds is 4. The van der Waals surface area contributed by atoms with Crippen molar-refractivity contribution in [2.45, 2.75) is 51.2 Å². The number of piperazine rings is 1. The number of hydrogen-bond acceptors (Lipinski definition) is 2. The van der Waals surface area contributed by atoms with Crippen LogP contribution < -0.4 is 5.32 Å². The highest BCUT2D eigenvalue weighted by Gasteiger charge is 2.41. The van der Waals surface area contributed by atoms with Gasteiger partial charge in [-0.3, -0.25) is 4.90 Å². The van der Waals surface area contributed by atoms with E-state index in [0.717, 1.165) is 37.5 Å². The van der Waals surface area contributed by atoms with Crippen molar-refractivity contribution in [3.63, 3.8) is 0 Å². The Hall–Kier alpha value is -0.280. The molecule has 0 radical (unpaired) electrons. The van der Waals surface area contributed by atoms with E-state index < -0.39 is 0 Å². The van der Waals surface area contributed by atoms with Gasteiger partial charge in [-0.05, 0) is 43.7 Å². The van der Waals surface area contributed by atoms with E-state index in [0.29, 0.717) is 16.1 Å². The number of hydrogen-bond donors (Lipinski definition) is 1. The fraction of sp³-hybridized carbons (Fsp3) is 0.647. The summed E-state index contributed by atoms with van der Waals surface area (Å²) in [4.78, 5) is 2.62. The molecule has 1 N–H and O–H groups in total. The molecular weight excluding hydrogens is 303 g/mol. The highest BCUT2D eigenvalue weighted by Crippen LogP contribution is 2.39. The Kier molecular flexibility index (Phi) is 4.52. The molecule has 1 heterocycles. The summed E-state index contributed by atoms with van der Waals surface area (Å²) in [7, 11) is 0. The van der Waals surface area contributed by atoms with Gasteiger partial charge in [-0.2, -0.15) is 0 Å². The van der Waals surface area contributed by atoms with Gasteiger partial charge in [0, 0.05) is 31.2 Å². The molecular formula is C17H24Cl2N2. The van der Waals surface area contributed by atoms with Crippen LogP contribution in [0.25, 0.3) is 0 Å². The number of nitrogens with zero attached hydrogens (tertiary/aromatic N) is 1. The van der Waals surface area contributed by atoms with Crippen molar-refractivity contribution < 1.29 is 0 Å². The minimum absolute atomic E-state index is 0.205. The fourth-order valence-corrected chi connectivity index (χ4v) is 3.73. The average Bonchev–Trinajstić information content (AvgIpc) is 3.29. The Bertz CT molecular complexity index is 516. The monoisotopic (exact) mass is 326 g/mol. The van der Waals surface area contributed by atoms with Crippen LogP contribution in [0.2, 0.25) is 10.0 Å². The predicted molar refractivity (Wildman–Crippen MR) is 90.1 cm³/mol. The van der Waals surface area contributed by atoms with E-state index in [4.69, 9.17) is 23.2 Å². The third-order valence-electron chi connectivity index (χ3n) is 5.11. The van der Waals surface area contributed by atoms with Crippen LogP contribution >= 0.6 is 23.2 Å². The van der Waals surface area contributed by atoms with E-state index >= 15 is 0 Å². The van der Waals surface area contributed by atoms with E-state index in [-0.39, 0.29) is 5.54 Å². The average molecular weight is 327 g/mol. The smallest absolute Gasteiger partial charge is 0.0637 e. The van der Waals surface area contributed by atoms with Crippen LogP contribution in [0.3, 0.4) is 0 Å². The van der Waals surface area contributed by atoms with Gasteiger partial charge in [0.1, 0.15) is 0 Å². The first-order chi connectivity index (χ1) is 10.0. The lowest BCUT2D eigenvalue weighted by molar-refractivity contribution is 0.0662. The van der Waals surface area contributed by atoms with Gasteiger partial charge >= 0.3 is 0 Å². The van der Waals surface area contributed by atoms with Crippen molar-refractivity contribution >= 4 is 23.2 Å². The maximum atomic E-state index is 6.39. The molecule has 2 nitrogen and oxygen atoms in total. The SMILES string of the molecule is CCC1(C)CN(Cc2cccc(Cl)c2Cl)C(C2CC2)CN1. The maximum Gasteiger partial charge on any atom is 0.0637 e. The van der Waals surface area contributed by atoms with E-state index in [1.165, 1.54) is 12.8 Å². The summed E-state index contributed by atoms with van der Waals surface area (Å²) in [6.45, 7) is 7.65. The van der Waals surface area contributed by atoms with Crippen molar-refractivity contribution in [2.24, 2.45) is 5.92 Å². The van der Waals surface area contributed by atoms with Crippen LogP contribution in [0, 0.1) is 5.92 Å². The first-order valence-corrected chi connectivity index (χ1v) is 8.70. The summed E-state index contributed by atoms with van der Waals surface area (Å²) < 4.78 is 0. The van der Waals surface area contributed by atoms with Crippen LogP contribution in [0.5, 0.6) is 0 Å². The van der Waals surface area contributed by atoms with Gasteiger partial charge in [0.15, 0.2) is 0 Å². The van der Waals surface area contributed by atoms with Crippen molar-refractivity contribution in [1.29, 1.82) is 0 Å². The Balaban J connectivity index is 1.80. The van der Waals surface area contributed by atoms with E-state index in [1.807, 2.05) is 12.1 Å². The van der Waals surface area contributed by atoms with Crippen LogP contribution in [0.4, 0.5) is 0 Å². The van der Waals surface area contributed by atoms with Gasteiger partial charge in [-0.25, -0.2) is 0 Å². The van der Waals surface area contributed by atoms with Crippen LogP contribution in [-0.4, -0.2) is 29.6 Å². The number of benzene rings is 1. The summed E-state index contributed by atoms with van der Waals surface area (Å²) >= 11 is 12.5. The van der Waals surface area contributed by atoms with Crippen molar-refractivity contribution in [1.82, 2.24) is 10.2 Å². The van der Waals surface area contributed by atoms with Gasteiger partial charge in [0.25, 0.3) is 0 Å². The molecule has 2 atom stereocenters. The van der Waals surface area contributed by atoms with Gasteiger partial charge in [0.05, 0.1) is 10.0 Å². The maximum absolute atomic E-state index is 6.39. The molecule has 21 heavy (non-hydrogen) atoms. The third kappa shape index (κ3) is 3.39. The Morgan fingerprint density at radius 3 is 2.76 bits per heavy atom. The topological polar surface area (TPSA) is 15.3 Å². The summed E-state index contributed by atoms with van der Waals surface area (Å²) in [5.41, 5.74) is 1.35. The molecule has 2 fully saturated rings. The summed E-state index contributed by atoms with van der Waals surface area (Å²) in [6, 6.07) is 6.60. The standard InChI is InChI=1S/C17H24Cl2N2/c1-3-17(2)11-21(15(9-20-17)12-7-8-12)10-13-5-4-6-14(18)16(13)19/h4-6,12,15,20H,3,7-11H2,1-2H3. The Morgan fingerprint density at radius 1 is 1.33 bits per heavy atom. The molecule has 116 valence electrons. The van der Waals surface area contributed by atoms with E-state index in [1.54, 1.807) is 0 Å². The van der Waals surface area contributed by atoms with Gasteiger partial charge in [0.2, 0.25) is 0 Å². The van der Waals surface area contributed by atoms with Gasteiger partial charge in [-0.15, -0.1) is 0 Å². The normalized spacial score (nSPS) is 30.6. The van der Waals surface area contributed by atoms with E-state index in [2.05, 4.69) is 30.1 Å². The fourth-order valence-electron chi connectivity index (χ4n) is 3.35. The molecule has 1 aromatic carbocycles. The molecule has 4 heteroatoms. The summed E-state index contributed by atoms with van der Waals surface area (Å²) in [5, 5.41) is 5.13. The summed E-state index contributed by atoms with van der Waals surface area (Å²) in [6.07, 6.45) is 3.88. The Labute approximate surface area is 137 Å². The number of halogens is 2. The molecule has 1 saturated heterocycles. The molecule has 2 unspecified atom stereocenters. The van der Waals surface area contributed by atoms with Crippen LogP contribution in [0.1, 0.15) is 38.7 Å². The molecule has 1 aliphatic heterocycles. The predicted octanol–water partition coefficient (Wildman–Crippen LogP) is 4.35. The molecule has 1 aliphatic carbocycles. The summed E-state index contributed by atoms with van der Waals surface area (Å²) in [5.74, 6) is 0.858. The lowest BCUT2D eigenvalue weighted by atomic mass is 9.91. The minimum atomic E-state index is 0.205.